The monoisotopic (exact) mass is 470 g/mol. The number of nitrogens with zero attached hydrogens (tertiary/aromatic N) is 1. The maximum atomic E-state index is 13.1. The van der Waals surface area contributed by atoms with Crippen LogP contribution in [0, 0.1) is 13.8 Å². The molecule has 1 unspecified atom stereocenters. The standard InChI is InChI=1S/C28H26N2O5/c1-17-9-10-18(2)24(13-17)30-26(32)22-12-11-21(14-23(22)27(30)33)28(34)35-16-25(31)29-15-19(3)20-7-5-4-6-8-20/h4-14,19H,15-16H2,1-3H3,(H,29,31). The van der Waals surface area contributed by atoms with Gasteiger partial charge in [-0.1, -0.05) is 49.4 Å². The first-order valence-corrected chi connectivity index (χ1v) is 11.3. The second-order valence-corrected chi connectivity index (χ2v) is 8.69. The molecule has 3 aromatic rings. The van der Waals surface area contributed by atoms with Crippen LogP contribution < -0.4 is 10.2 Å². The van der Waals surface area contributed by atoms with Crippen LogP contribution in [0.3, 0.4) is 0 Å². The van der Waals surface area contributed by atoms with Crippen LogP contribution >= 0.6 is 0 Å². The van der Waals surface area contributed by atoms with Gasteiger partial charge in [-0.2, -0.15) is 0 Å². The van der Waals surface area contributed by atoms with Gasteiger partial charge in [0.15, 0.2) is 6.61 Å². The van der Waals surface area contributed by atoms with E-state index >= 15 is 0 Å². The van der Waals surface area contributed by atoms with Gasteiger partial charge in [0.25, 0.3) is 17.7 Å². The highest BCUT2D eigenvalue weighted by Gasteiger charge is 2.38. The summed E-state index contributed by atoms with van der Waals surface area (Å²) in [6.45, 7) is 5.66. The van der Waals surface area contributed by atoms with Crippen LogP contribution in [0.4, 0.5) is 5.69 Å². The molecule has 1 atom stereocenters. The fourth-order valence-corrected chi connectivity index (χ4v) is 3.98. The van der Waals surface area contributed by atoms with Gasteiger partial charge < -0.3 is 10.1 Å². The van der Waals surface area contributed by atoms with Gasteiger partial charge >= 0.3 is 5.97 Å². The Labute approximate surface area is 203 Å². The van der Waals surface area contributed by atoms with E-state index in [0.29, 0.717) is 12.2 Å². The number of carbonyl (C=O) groups excluding carboxylic acids is 4. The lowest BCUT2D eigenvalue weighted by molar-refractivity contribution is -0.124. The third-order valence-corrected chi connectivity index (χ3v) is 6.04. The molecule has 4 rings (SSSR count). The van der Waals surface area contributed by atoms with Gasteiger partial charge in [-0.05, 0) is 60.7 Å². The van der Waals surface area contributed by atoms with E-state index in [1.165, 1.54) is 18.2 Å². The number of fused-ring (bicyclic) bond motifs is 1. The van der Waals surface area contributed by atoms with Crippen molar-refractivity contribution in [2.75, 3.05) is 18.1 Å². The van der Waals surface area contributed by atoms with Crippen molar-refractivity contribution in [3.8, 4) is 0 Å². The Balaban J connectivity index is 1.39. The molecule has 1 aliphatic rings. The zero-order valence-electron chi connectivity index (χ0n) is 19.8. The van der Waals surface area contributed by atoms with E-state index in [2.05, 4.69) is 5.32 Å². The van der Waals surface area contributed by atoms with E-state index in [1.54, 1.807) is 6.07 Å². The van der Waals surface area contributed by atoms with E-state index in [4.69, 9.17) is 4.74 Å². The number of carbonyl (C=O) groups is 4. The fraction of sp³-hybridized carbons (Fsp3) is 0.214. The summed E-state index contributed by atoms with van der Waals surface area (Å²) in [7, 11) is 0. The quantitative estimate of drug-likeness (QED) is 0.413. The highest BCUT2D eigenvalue weighted by atomic mass is 16.5. The van der Waals surface area contributed by atoms with Crippen LogP contribution in [0.1, 0.15) is 60.6 Å². The number of amides is 3. The Morgan fingerprint density at radius 1 is 0.914 bits per heavy atom. The van der Waals surface area contributed by atoms with Crippen molar-refractivity contribution < 1.29 is 23.9 Å². The fourth-order valence-electron chi connectivity index (χ4n) is 3.98. The van der Waals surface area contributed by atoms with Gasteiger partial charge in [0.2, 0.25) is 0 Å². The molecule has 7 heteroatoms. The highest BCUT2D eigenvalue weighted by Crippen LogP contribution is 2.31. The summed E-state index contributed by atoms with van der Waals surface area (Å²) in [5, 5.41) is 2.75. The molecule has 0 radical (unpaired) electrons. The van der Waals surface area contributed by atoms with Crippen LogP contribution in [-0.2, 0) is 9.53 Å². The molecular weight excluding hydrogens is 444 g/mol. The molecule has 0 fully saturated rings. The normalized spacial score (nSPS) is 13.4. The topological polar surface area (TPSA) is 92.8 Å². The summed E-state index contributed by atoms with van der Waals surface area (Å²) in [6.07, 6.45) is 0. The molecular formula is C28H26N2O5. The summed E-state index contributed by atoms with van der Waals surface area (Å²) in [5.74, 6) is -2.00. The van der Waals surface area contributed by atoms with Gasteiger partial charge in [0.1, 0.15) is 0 Å². The van der Waals surface area contributed by atoms with Crippen molar-refractivity contribution in [2.45, 2.75) is 26.7 Å². The SMILES string of the molecule is Cc1ccc(C)c(N2C(=O)c3ccc(C(=O)OCC(=O)NCC(C)c4ccccc4)cc3C2=O)c1. The molecule has 1 heterocycles. The molecule has 0 aromatic heterocycles. The van der Waals surface area contributed by atoms with Crippen LogP contribution in [0.2, 0.25) is 0 Å². The maximum absolute atomic E-state index is 13.1. The number of esters is 1. The number of imide groups is 1. The molecule has 3 amide bonds. The number of rotatable bonds is 7. The Bertz CT molecular complexity index is 1320. The van der Waals surface area contributed by atoms with Crippen molar-refractivity contribution in [3.05, 3.63) is 100 Å². The Morgan fingerprint density at radius 2 is 1.63 bits per heavy atom. The van der Waals surface area contributed by atoms with Gasteiger partial charge in [-0.25, -0.2) is 9.69 Å². The molecule has 0 bridgehead atoms. The molecule has 1 N–H and O–H groups in total. The lowest BCUT2D eigenvalue weighted by Gasteiger charge is -2.17. The molecule has 3 aromatic carbocycles. The molecule has 7 nitrogen and oxygen atoms in total. The number of hydrogen-bond donors (Lipinski definition) is 1. The molecule has 0 saturated heterocycles. The van der Waals surface area contributed by atoms with Crippen LogP contribution in [0.5, 0.6) is 0 Å². The third kappa shape index (κ3) is 4.99. The number of aryl methyl sites for hydroxylation is 2. The van der Waals surface area contributed by atoms with Crippen molar-refractivity contribution in [1.82, 2.24) is 5.32 Å². The zero-order valence-corrected chi connectivity index (χ0v) is 19.8. The number of ether oxygens (including phenoxy) is 1. The van der Waals surface area contributed by atoms with Crippen molar-refractivity contribution >= 4 is 29.4 Å². The molecule has 1 aliphatic heterocycles. The minimum absolute atomic E-state index is 0.0955. The first kappa shape index (κ1) is 23.9. The molecule has 178 valence electrons. The second kappa shape index (κ2) is 9.93. The summed E-state index contributed by atoms with van der Waals surface area (Å²) in [6, 6.07) is 19.5. The van der Waals surface area contributed by atoms with Crippen molar-refractivity contribution in [3.63, 3.8) is 0 Å². The van der Waals surface area contributed by atoms with Crippen LogP contribution in [-0.4, -0.2) is 36.8 Å². The first-order chi connectivity index (χ1) is 16.8. The number of benzene rings is 3. The summed E-state index contributed by atoms with van der Waals surface area (Å²) >= 11 is 0. The minimum atomic E-state index is -0.746. The molecule has 0 saturated carbocycles. The first-order valence-electron chi connectivity index (χ1n) is 11.3. The van der Waals surface area contributed by atoms with E-state index in [1.807, 2.05) is 63.2 Å². The largest absolute Gasteiger partial charge is 0.452 e. The zero-order chi connectivity index (χ0) is 25.1. The van der Waals surface area contributed by atoms with E-state index in [-0.39, 0.29) is 22.6 Å². The van der Waals surface area contributed by atoms with Gasteiger partial charge in [0.05, 0.1) is 22.4 Å². The predicted octanol–water partition coefficient (Wildman–Crippen LogP) is 4.18. The van der Waals surface area contributed by atoms with Crippen molar-refractivity contribution in [2.24, 2.45) is 0 Å². The number of nitrogens with one attached hydrogen (secondary N) is 1. The smallest absolute Gasteiger partial charge is 0.338 e. The highest BCUT2D eigenvalue weighted by molar-refractivity contribution is 6.35. The number of anilines is 1. The van der Waals surface area contributed by atoms with Crippen molar-refractivity contribution in [1.29, 1.82) is 0 Å². The summed E-state index contributed by atoms with van der Waals surface area (Å²) < 4.78 is 5.14. The molecule has 0 spiro atoms. The van der Waals surface area contributed by atoms with Gasteiger partial charge in [0, 0.05) is 6.54 Å². The lowest BCUT2D eigenvalue weighted by Crippen LogP contribution is -2.31. The predicted molar refractivity (Wildman–Crippen MR) is 132 cm³/mol. The summed E-state index contributed by atoms with van der Waals surface area (Å²) in [4.78, 5) is 51.8. The molecule has 0 aliphatic carbocycles. The van der Waals surface area contributed by atoms with Crippen LogP contribution in [0.15, 0.2) is 66.7 Å². The van der Waals surface area contributed by atoms with E-state index in [9.17, 15) is 19.2 Å². The number of hydrogen-bond acceptors (Lipinski definition) is 5. The maximum Gasteiger partial charge on any atom is 0.338 e. The van der Waals surface area contributed by atoms with E-state index < -0.39 is 30.3 Å². The van der Waals surface area contributed by atoms with Gasteiger partial charge in [-0.3, -0.25) is 14.4 Å². The average Bonchev–Trinajstić information content (AvgIpc) is 3.12. The van der Waals surface area contributed by atoms with Crippen LogP contribution in [0.25, 0.3) is 0 Å². The minimum Gasteiger partial charge on any atom is -0.452 e. The summed E-state index contributed by atoms with van der Waals surface area (Å²) in [5.41, 5.74) is 3.77. The van der Waals surface area contributed by atoms with E-state index in [0.717, 1.165) is 21.6 Å². The third-order valence-electron chi connectivity index (χ3n) is 6.04. The average molecular weight is 471 g/mol. The lowest BCUT2D eigenvalue weighted by atomic mass is 10.0. The Kier molecular flexibility index (Phi) is 6.78. The Morgan fingerprint density at radius 3 is 2.37 bits per heavy atom. The molecule has 35 heavy (non-hydrogen) atoms. The van der Waals surface area contributed by atoms with Gasteiger partial charge in [-0.15, -0.1) is 0 Å². The Hall–Kier alpha value is -4.26. The second-order valence-electron chi connectivity index (χ2n) is 8.69.